The van der Waals surface area contributed by atoms with Crippen molar-refractivity contribution in [2.75, 3.05) is 52.9 Å². The maximum Gasteiger partial charge on any atom is 0.469 e. The molecule has 0 saturated heterocycles. The summed E-state index contributed by atoms with van der Waals surface area (Å²) in [5.41, 5.74) is -2.83. The predicted octanol–water partition coefficient (Wildman–Crippen LogP) is -4.81. The Kier molecular flexibility index (Phi) is 18.2. The fourth-order valence-corrected chi connectivity index (χ4v) is 1.90. The van der Waals surface area contributed by atoms with Gasteiger partial charge in [0.1, 0.15) is 0 Å². The van der Waals surface area contributed by atoms with Crippen molar-refractivity contribution >= 4 is 23.5 Å². The molecule has 0 aromatic heterocycles. The molecule has 0 spiro atoms. The van der Waals surface area contributed by atoms with Crippen molar-refractivity contribution in [2.24, 2.45) is 10.8 Å². The molecule has 0 saturated carbocycles. The molecule has 21 heteroatoms. The van der Waals surface area contributed by atoms with Crippen molar-refractivity contribution in [3.63, 3.8) is 0 Å². The van der Waals surface area contributed by atoms with Crippen LogP contribution in [0.5, 0.6) is 0 Å². The van der Waals surface area contributed by atoms with Gasteiger partial charge in [0.2, 0.25) is 0 Å². The molecule has 0 bridgehead atoms. The summed E-state index contributed by atoms with van der Waals surface area (Å²) in [6.45, 7) is -4.97. The lowest BCUT2D eigenvalue weighted by Gasteiger charge is -2.26. The second-order valence-electron chi connectivity index (χ2n) is 5.99. The van der Waals surface area contributed by atoms with Crippen molar-refractivity contribution < 1.29 is 87.6 Å². The highest BCUT2D eigenvalue weighted by Crippen LogP contribution is 2.38. The van der Waals surface area contributed by atoms with E-state index in [1.807, 2.05) is 0 Å². The van der Waals surface area contributed by atoms with E-state index in [1.165, 1.54) is 0 Å². The molecule has 0 heterocycles. The fraction of sp³-hybridized carbons (Fsp3) is 1.00. The van der Waals surface area contributed by atoms with Crippen molar-refractivity contribution in [3.8, 4) is 0 Å². The van der Waals surface area contributed by atoms with E-state index in [2.05, 4.69) is 9.05 Å². The molecule has 18 nitrogen and oxygen atoms in total. The number of hydrogen-bond acceptors (Lipinski definition) is 11. The van der Waals surface area contributed by atoms with Crippen LogP contribution >= 0.6 is 23.5 Å². The molecule has 0 aliphatic heterocycles. The summed E-state index contributed by atoms with van der Waals surface area (Å²) >= 11 is 0. The van der Waals surface area contributed by atoms with E-state index in [1.54, 1.807) is 0 Å². The molecule has 0 aromatic carbocycles. The molecule has 0 aliphatic carbocycles. The summed E-state index contributed by atoms with van der Waals surface area (Å²) in [4.78, 5) is 54.8. The maximum atomic E-state index is 10.3. The van der Waals surface area contributed by atoms with Gasteiger partial charge in [-0.3, -0.25) is 9.05 Å². The number of phosphoric ester groups is 2. The Morgan fingerprint density at radius 3 is 0.742 bits per heavy atom. The number of aliphatic hydroxyl groups is 6. The van der Waals surface area contributed by atoms with Crippen LogP contribution in [0.2, 0.25) is 0 Å². The van der Waals surface area contributed by atoms with Crippen LogP contribution in [0.1, 0.15) is 0 Å². The van der Waals surface area contributed by atoms with Gasteiger partial charge in [0.25, 0.3) is 0 Å². The number of phosphoric acid groups is 3. The van der Waals surface area contributed by atoms with Gasteiger partial charge in [-0.1, -0.05) is 0 Å². The maximum absolute atomic E-state index is 10.3. The van der Waals surface area contributed by atoms with E-state index in [0.717, 1.165) is 0 Å². The van der Waals surface area contributed by atoms with Crippen molar-refractivity contribution in [1.29, 1.82) is 0 Å². The molecular weight excluding hydrogens is 501 g/mol. The van der Waals surface area contributed by atoms with E-state index in [4.69, 9.17) is 69.5 Å². The Morgan fingerprint density at radius 1 is 0.484 bits per heavy atom. The average molecular weight is 530 g/mol. The first-order chi connectivity index (χ1) is 13.8. The third-order valence-corrected chi connectivity index (χ3v) is 4.02. The van der Waals surface area contributed by atoms with E-state index in [-0.39, 0.29) is 0 Å². The molecule has 0 rings (SSSR count). The highest BCUT2D eigenvalue weighted by molar-refractivity contribution is 7.46. The Balaban J connectivity index is -0.000000416. The third-order valence-electron chi connectivity index (χ3n) is 3.09. The normalized spacial score (nSPS) is 13.1. The van der Waals surface area contributed by atoms with Gasteiger partial charge in [0.15, 0.2) is 0 Å². The Hall–Kier alpha value is 0.0900. The fourth-order valence-electron chi connectivity index (χ4n) is 1.02. The van der Waals surface area contributed by atoms with Crippen LogP contribution in [0.3, 0.4) is 0 Å². The smallest absolute Gasteiger partial charge is 0.396 e. The summed E-state index contributed by atoms with van der Waals surface area (Å²) in [6.07, 6.45) is 0. The van der Waals surface area contributed by atoms with Crippen molar-refractivity contribution in [1.82, 2.24) is 0 Å². The van der Waals surface area contributed by atoms with Crippen LogP contribution in [0.4, 0.5) is 0 Å². The minimum absolute atomic E-state index is 0.610. The number of aliphatic hydroxyl groups excluding tert-OH is 6. The topological polar surface area (TPSA) is 333 Å². The second kappa shape index (κ2) is 15.8. The quantitative estimate of drug-likeness (QED) is 0.105. The molecule has 0 aromatic rings. The molecule has 0 aliphatic rings. The molecule has 0 atom stereocenters. The summed E-state index contributed by atoms with van der Waals surface area (Å²) < 4.78 is 37.5. The van der Waals surface area contributed by atoms with E-state index in [0.29, 0.717) is 0 Å². The number of rotatable bonds is 12. The van der Waals surface area contributed by atoms with Gasteiger partial charge >= 0.3 is 23.5 Å². The molecule has 31 heavy (non-hydrogen) atoms. The van der Waals surface area contributed by atoms with Gasteiger partial charge in [-0.05, 0) is 0 Å². The molecule has 0 radical (unpaired) electrons. The highest BCUT2D eigenvalue weighted by Gasteiger charge is 2.32. The zero-order valence-corrected chi connectivity index (χ0v) is 18.5. The zero-order valence-electron chi connectivity index (χ0n) is 15.9. The third kappa shape index (κ3) is 23.1. The summed E-state index contributed by atoms with van der Waals surface area (Å²) in [5.74, 6) is 0. The van der Waals surface area contributed by atoms with E-state index >= 15 is 0 Å². The van der Waals surface area contributed by atoms with Gasteiger partial charge in [0, 0.05) is 0 Å². The lowest BCUT2D eigenvalue weighted by atomic mass is 9.93. The first kappa shape index (κ1) is 35.7. The molecule has 0 fully saturated rings. The van der Waals surface area contributed by atoms with Crippen LogP contribution in [0.15, 0.2) is 0 Å². The van der Waals surface area contributed by atoms with Crippen LogP contribution in [-0.2, 0) is 22.7 Å². The lowest BCUT2D eigenvalue weighted by molar-refractivity contribution is -0.0325. The first-order valence-corrected chi connectivity index (χ1v) is 12.2. The largest absolute Gasteiger partial charge is 0.469 e. The minimum Gasteiger partial charge on any atom is -0.396 e. The molecule has 0 amide bonds. The van der Waals surface area contributed by atoms with E-state index < -0.39 is 87.2 Å². The van der Waals surface area contributed by atoms with Crippen LogP contribution in [0, 0.1) is 10.8 Å². The van der Waals surface area contributed by atoms with Crippen molar-refractivity contribution in [2.45, 2.75) is 0 Å². The Bertz CT molecular complexity index is 519. The van der Waals surface area contributed by atoms with Gasteiger partial charge in [-0.2, -0.15) is 0 Å². The predicted molar refractivity (Wildman–Crippen MR) is 97.6 cm³/mol. The standard InChI is InChI=1S/2C5H13O7P.H3O4P/c2*6-1-5(2-7,3-8)4-12-13(9,10)11;1-5(2,3)4/h2*6-8H,1-4H2,(H2,9,10,11);(H3,1,2,3,4). The van der Waals surface area contributed by atoms with Crippen LogP contribution < -0.4 is 0 Å². The summed E-state index contributed by atoms with van der Waals surface area (Å²) in [6, 6.07) is 0. The average Bonchev–Trinajstić information content (AvgIpc) is 2.63. The van der Waals surface area contributed by atoms with Gasteiger partial charge < -0.3 is 64.9 Å². The first-order valence-electron chi connectivity index (χ1n) is 7.62. The van der Waals surface area contributed by atoms with Crippen LogP contribution in [-0.4, -0.2) is 118 Å². The van der Waals surface area contributed by atoms with Crippen LogP contribution in [0.25, 0.3) is 0 Å². The molecule has 13 N–H and O–H groups in total. The van der Waals surface area contributed by atoms with Gasteiger partial charge in [-0.15, -0.1) is 0 Å². The monoisotopic (exact) mass is 530 g/mol. The lowest BCUT2D eigenvalue weighted by Crippen LogP contribution is -2.38. The number of hydrogen-bond donors (Lipinski definition) is 13. The van der Waals surface area contributed by atoms with Gasteiger partial charge in [0.05, 0.1) is 63.7 Å². The molecule has 0 unspecified atom stereocenters. The van der Waals surface area contributed by atoms with E-state index in [9.17, 15) is 9.13 Å². The highest BCUT2D eigenvalue weighted by atomic mass is 31.2. The minimum atomic E-state index is -4.64. The van der Waals surface area contributed by atoms with Gasteiger partial charge in [-0.25, -0.2) is 13.7 Å². The Morgan fingerprint density at radius 2 is 0.645 bits per heavy atom. The zero-order chi connectivity index (χ0) is 25.6. The second-order valence-corrected chi connectivity index (χ2v) is 9.50. The SMILES string of the molecule is O=P(O)(O)O.O=P(O)(O)OCC(CO)(CO)CO.O=P(O)(O)OCC(CO)(CO)CO. The molecule has 192 valence electrons. The molecular formula is C10H29O18P3. The van der Waals surface area contributed by atoms with Crippen molar-refractivity contribution in [3.05, 3.63) is 0 Å². The summed E-state index contributed by atoms with van der Waals surface area (Å²) in [5, 5.41) is 52.3. The summed E-state index contributed by atoms with van der Waals surface area (Å²) in [7, 11) is -13.9. The Labute approximate surface area is 175 Å².